The number of aryl methyl sites for hydroxylation is 2. The second-order valence-corrected chi connectivity index (χ2v) is 4.09. The molecular formula is C13H12F2N2O. The maximum absolute atomic E-state index is 13.6. The lowest BCUT2D eigenvalue weighted by Crippen LogP contribution is -2.08. The van der Waals surface area contributed by atoms with Crippen LogP contribution in [0.1, 0.15) is 28.6 Å². The molecule has 3 nitrogen and oxygen atoms in total. The normalized spacial score (nSPS) is 12.5. The average Bonchev–Trinajstić information content (AvgIpc) is 2.34. The molecule has 94 valence electrons. The smallest absolute Gasteiger partial charge is 0.129 e. The monoisotopic (exact) mass is 250 g/mol. The first-order chi connectivity index (χ1) is 8.49. The molecule has 2 aromatic rings. The molecule has 0 aliphatic rings. The molecule has 0 bridgehead atoms. The van der Waals surface area contributed by atoms with Crippen LogP contribution in [0, 0.1) is 25.5 Å². The second-order valence-electron chi connectivity index (χ2n) is 4.09. The van der Waals surface area contributed by atoms with Crippen molar-refractivity contribution in [3.8, 4) is 0 Å². The van der Waals surface area contributed by atoms with Gasteiger partial charge >= 0.3 is 0 Å². The van der Waals surface area contributed by atoms with E-state index in [1.54, 1.807) is 19.9 Å². The Morgan fingerprint density at radius 3 is 2.50 bits per heavy atom. The Hall–Kier alpha value is -1.88. The van der Waals surface area contributed by atoms with Gasteiger partial charge in [-0.05, 0) is 38.1 Å². The van der Waals surface area contributed by atoms with Gasteiger partial charge in [0.2, 0.25) is 0 Å². The first kappa shape index (κ1) is 12.6. The molecule has 0 fully saturated rings. The van der Waals surface area contributed by atoms with Gasteiger partial charge in [-0.25, -0.2) is 8.78 Å². The molecule has 0 aliphatic carbocycles. The molecule has 0 aliphatic heterocycles. The summed E-state index contributed by atoms with van der Waals surface area (Å²) in [5.41, 5.74) is 1.40. The molecular weight excluding hydrogens is 238 g/mol. The summed E-state index contributed by atoms with van der Waals surface area (Å²) in [5.74, 6) is -1.25. The van der Waals surface area contributed by atoms with E-state index >= 15 is 0 Å². The minimum atomic E-state index is -1.25. The van der Waals surface area contributed by atoms with Crippen molar-refractivity contribution in [3.05, 3.63) is 58.4 Å². The molecule has 1 heterocycles. The molecule has 1 atom stereocenters. The summed E-state index contributed by atoms with van der Waals surface area (Å²) >= 11 is 0. The predicted octanol–water partition coefficient (Wildman–Crippen LogP) is 2.45. The predicted molar refractivity (Wildman–Crippen MR) is 61.9 cm³/mol. The number of nitrogens with zero attached hydrogens (tertiary/aromatic N) is 2. The average molecular weight is 250 g/mol. The van der Waals surface area contributed by atoms with E-state index in [0.717, 1.165) is 18.2 Å². The van der Waals surface area contributed by atoms with Crippen LogP contribution in [0.3, 0.4) is 0 Å². The summed E-state index contributed by atoms with van der Waals surface area (Å²) in [7, 11) is 0. The van der Waals surface area contributed by atoms with E-state index in [0.29, 0.717) is 17.0 Å². The Morgan fingerprint density at radius 1 is 1.06 bits per heavy atom. The van der Waals surface area contributed by atoms with Gasteiger partial charge in [-0.15, -0.1) is 0 Å². The Labute approximate surface area is 103 Å². The summed E-state index contributed by atoms with van der Waals surface area (Å²) in [4.78, 5) is 0. The van der Waals surface area contributed by atoms with Crippen molar-refractivity contribution in [2.24, 2.45) is 0 Å². The van der Waals surface area contributed by atoms with Gasteiger partial charge in [-0.1, -0.05) is 0 Å². The van der Waals surface area contributed by atoms with Crippen LogP contribution in [0.25, 0.3) is 0 Å². The zero-order valence-electron chi connectivity index (χ0n) is 9.98. The molecule has 5 heteroatoms. The first-order valence-electron chi connectivity index (χ1n) is 5.43. The van der Waals surface area contributed by atoms with E-state index in [9.17, 15) is 13.9 Å². The fourth-order valence-electron chi connectivity index (χ4n) is 1.74. The molecule has 1 unspecified atom stereocenters. The van der Waals surface area contributed by atoms with Gasteiger partial charge in [0.25, 0.3) is 0 Å². The van der Waals surface area contributed by atoms with Crippen LogP contribution in [0.4, 0.5) is 8.78 Å². The topological polar surface area (TPSA) is 46.0 Å². The molecule has 1 aromatic heterocycles. The Bertz CT molecular complexity index is 536. The zero-order valence-corrected chi connectivity index (χ0v) is 9.98. The quantitative estimate of drug-likeness (QED) is 0.890. The summed E-state index contributed by atoms with van der Waals surface area (Å²) in [6.45, 7) is 3.37. The molecule has 0 amide bonds. The molecule has 0 radical (unpaired) electrons. The van der Waals surface area contributed by atoms with Crippen LogP contribution in [-0.2, 0) is 0 Å². The number of aromatic nitrogens is 2. The van der Waals surface area contributed by atoms with Crippen molar-refractivity contribution in [3.63, 3.8) is 0 Å². The first-order valence-corrected chi connectivity index (χ1v) is 5.43. The lowest BCUT2D eigenvalue weighted by molar-refractivity contribution is 0.212. The lowest BCUT2D eigenvalue weighted by Gasteiger charge is -2.14. The van der Waals surface area contributed by atoms with Gasteiger partial charge in [-0.3, -0.25) is 0 Å². The fraction of sp³-hybridized carbons (Fsp3) is 0.231. The molecule has 0 spiro atoms. The largest absolute Gasteiger partial charge is 0.383 e. The maximum atomic E-state index is 13.6. The second kappa shape index (κ2) is 4.78. The number of hydrogen-bond acceptors (Lipinski definition) is 3. The van der Waals surface area contributed by atoms with Crippen molar-refractivity contribution in [2.75, 3.05) is 0 Å². The minimum Gasteiger partial charge on any atom is -0.383 e. The minimum absolute atomic E-state index is 0.106. The summed E-state index contributed by atoms with van der Waals surface area (Å²) < 4.78 is 26.7. The lowest BCUT2D eigenvalue weighted by atomic mass is 10.00. The summed E-state index contributed by atoms with van der Waals surface area (Å²) in [6.07, 6.45) is -1.25. The summed E-state index contributed by atoms with van der Waals surface area (Å²) in [6, 6.07) is 4.59. The third-order valence-corrected chi connectivity index (χ3v) is 2.69. The number of rotatable bonds is 2. The van der Waals surface area contributed by atoms with Gasteiger partial charge in [0.15, 0.2) is 0 Å². The highest BCUT2D eigenvalue weighted by Gasteiger charge is 2.18. The van der Waals surface area contributed by atoms with Crippen LogP contribution in [0.2, 0.25) is 0 Å². The zero-order chi connectivity index (χ0) is 13.3. The van der Waals surface area contributed by atoms with Crippen LogP contribution in [0.15, 0.2) is 24.3 Å². The number of benzene rings is 1. The molecule has 0 saturated heterocycles. The van der Waals surface area contributed by atoms with Crippen molar-refractivity contribution < 1.29 is 13.9 Å². The standard InChI is InChI=1S/C13H12F2N2O/c1-7-5-10(8(2)17-16-7)13(18)11-6-9(14)3-4-12(11)15/h3-6,13,18H,1-2H3. The molecule has 18 heavy (non-hydrogen) atoms. The van der Waals surface area contributed by atoms with Crippen molar-refractivity contribution in [1.29, 1.82) is 0 Å². The van der Waals surface area contributed by atoms with E-state index in [1.807, 2.05) is 0 Å². The van der Waals surface area contributed by atoms with Crippen molar-refractivity contribution >= 4 is 0 Å². The molecule has 1 N–H and O–H groups in total. The van der Waals surface area contributed by atoms with Crippen LogP contribution < -0.4 is 0 Å². The number of aliphatic hydroxyl groups is 1. The van der Waals surface area contributed by atoms with Gasteiger partial charge < -0.3 is 5.11 Å². The van der Waals surface area contributed by atoms with Crippen LogP contribution in [0.5, 0.6) is 0 Å². The third kappa shape index (κ3) is 2.36. The highest BCUT2D eigenvalue weighted by Crippen LogP contribution is 2.26. The van der Waals surface area contributed by atoms with Gasteiger partial charge in [0.1, 0.15) is 17.7 Å². The van der Waals surface area contributed by atoms with Crippen LogP contribution in [-0.4, -0.2) is 15.3 Å². The van der Waals surface area contributed by atoms with E-state index in [-0.39, 0.29) is 5.56 Å². The highest BCUT2D eigenvalue weighted by atomic mass is 19.1. The molecule has 1 aromatic carbocycles. The highest BCUT2D eigenvalue weighted by molar-refractivity contribution is 5.33. The molecule has 2 rings (SSSR count). The van der Waals surface area contributed by atoms with E-state index in [2.05, 4.69) is 10.2 Å². The number of halogens is 2. The maximum Gasteiger partial charge on any atom is 0.129 e. The fourth-order valence-corrected chi connectivity index (χ4v) is 1.74. The molecule has 0 saturated carbocycles. The van der Waals surface area contributed by atoms with Crippen molar-refractivity contribution in [2.45, 2.75) is 20.0 Å². The van der Waals surface area contributed by atoms with E-state index < -0.39 is 17.7 Å². The third-order valence-electron chi connectivity index (χ3n) is 2.69. The van der Waals surface area contributed by atoms with E-state index in [1.165, 1.54) is 0 Å². The SMILES string of the molecule is Cc1cc(C(O)c2cc(F)ccc2F)c(C)nn1. The van der Waals surface area contributed by atoms with Gasteiger partial charge in [0.05, 0.1) is 11.4 Å². The van der Waals surface area contributed by atoms with Crippen molar-refractivity contribution in [1.82, 2.24) is 10.2 Å². The van der Waals surface area contributed by atoms with Gasteiger partial charge in [0, 0.05) is 11.1 Å². The number of hydrogen-bond donors (Lipinski definition) is 1. The summed E-state index contributed by atoms with van der Waals surface area (Å²) in [5, 5.41) is 17.8. The number of aliphatic hydroxyl groups excluding tert-OH is 1. The Morgan fingerprint density at radius 2 is 1.78 bits per heavy atom. The van der Waals surface area contributed by atoms with Crippen LogP contribution >= 0.6 is 0 Å². The van der Waals surface area contributed by atoms with E-state index in [4.69, 9.17) is 0 Å². The van der Waals surface area contributed by atoms with Gasteiger partial charge in [-0.2, -0.15) is 10.2 Å². The Kier molecular flexibility index (Phi) is 3.34. The Balaban J connectivity index is 2.50.